The van der Waals surface area contributed by atoms with Gasteiger partial charge in [0, 0.05) is 29.1 Å². The van der Waals surface area contributed by atoms with Gasteiger partial charge in [-0.2, -0.15) is 5.10 Å². The molecule has 0 aliphatic carbocycles. The number of nitrogens with two attached hydrogens (primary N) is 1. The number of esters is 1. The van der Waals surface area contributed by atoms with Crippen molar-refractivity contribution in [3.63, 3.8) is 0 Å². The largest absolute Gasteiger partial charge is 0.482 e. The molecule has 4 rings (SSSR count). The van der Waals surface area contributed by atoms with Crippen molar-refractivity contribution in [3.05, 3.63) is 84.6 Å². The molecule has 0 spiro atoms. The first-order valence-electron chi connectivity index (χ1n) is 10.9. The van der Waals surface area contributed by atoms with E-state index in [1.807, 2.05) is 37.3 Å². The van der Waals surface area contributed by atoms with Crippen molar-refractivity contribution >= 4 is 11.8 Å². The summed E-state index contributed by atoms with van der Waals surface area (Å²) >= 11 is 0. The van der Waals surface area contributed by atoms with Crippen LogP contribution >= 0.6 is 0 Å². The molecule has 0 fully saturated rings. The summed E-state index contributed by atoms with van der Waals surface area (Å²) in [7, 11) is 0. The molecule has 2 N–H and O–H groups in total. The summed E-state index contributed by atoms with van der Waals surface area (Å²) in [5.41, 5.74) is 10.1. The van der Waals surface area contributed by atoms with Crippen LogP contribution in [0.25, 0.3) is 22.3 Å². The van der Waals surface area contributed by atoms with Crippen molar-refractivity contribution in [2.75, 3.05) is 12.3 Å². The number of benzene rings is 2. The van der Waals surface area contributed by atoms with E-state index in [1.165, 1.54) is 16.8 Å². The Morgan fingerprint density at radius 3 is 2.65 bits per heavy atom. The molecular formula is C26H25FN4O3. The van der Waals surface area contributed by atoms with Crippen LogP contribution < -0.4 is 10.5 Å². The van der Waals surface area contributed by atoms with Gasteiger partial charge in [0.05, 0.1) is 12.8 Å². The number of aromatic nitrogens is 3. The number of pyridine rings is 1. The summed E-state index contributed by atoms with van der Waals surface area (Å²) in [6.07, 6.45) is 4.45. The average molecular weight is 461 g/mol. The molecule has 0 radical (unpaired) electrons. The molecule has 7 nitrogen and oxygen atoms in total. The summed E-state index contributed by atoms with van der Waals surface area (Å²) in [6, 6.07) is 16.1. The second kappa shape index (κ2) is 10.2. The minimum Gasteiger partial charge on any atom is -0.482 e. The molecule has 4 aromatic rings. The van der Waals surface area contributed by atoms with Crippen LogP contribution in [0, 0.1) is 5.82 Å². The Bertz CT molecular complexity index is 1290. The maximum atomic E-state index is 14.1. The van der Waals surface area contributed by atoms with Crippen molar-refractivity contribution in [1.82, 2.24) is 14.8 Å². The molecule has 0 saturated carbocycles. The molecule has 8 heteroatoms. The van der Waals surface area contributed by atoms with Gasteiger partial charge in [0.25, 0.3) is 0 Å². The van der Waals surface area contributed by atoms with Crippen LogP contribution in [0.15, 0.2) is 73.2 Å². The van der Waals surface area contributed by atoms with Crippen molar-refractivity contribution in [1.29, 1.82) is 0 Å². The van der Waals surface area contributed by atoms with Crippen molar-refractivity contribution in [3.8, 4) is 28.0 Å². The smallest absolute Gasteiger partial charge is 0.327 e. The number of hydrogen-bond donors (Lipinski definition) is 1. The molecule has 0 aliphatic heterocycles. The normalized spacial score (nSPS) is 11.7. The molecule has 0 unspecified atom stereocenters. The highest BCUT2D eigenvalue weighted by Crippen LogP contribution is 2.34. The number of carbonyl (C=O) groups is 1. The lowest BCUT2D eigenvalue weighted by Gasteiger charge is -2.20. The Labute approximate surface area is 197 Å². The number of ether oxygens (including phenoxy) is 2. The van der Waals surface area contributed by atoms with E-state index in [0.29, 0.717) is 23.5 Å². The maximum Gasteiger partial charge on any atom is 0.327 e. The summed E-state index contributed by atoms with van der Waals surface area (Å²) in [5.74, 6) is -0.132. The minimum absolute atomic E-state index is 0.0124. The first kappa shape index (κ1) is 23.0. The number of anilines is 1. The first-order valence-corrected chi connectivity index (χ1v) is 10.9. The van der Waals surface area contributed by atoms with Crippen molar-refractivity contribution in [2.24, 2.45) is 0 Å². The topological polar surface area (TPSA) is 92.3 Å². The predicted molar refractivity (Wildman–Crippen MR) is 127 cm³/mol. The van der Waals surface area contributed by atoms with Gasteiger partial charge in [-0.3, -0.25) is 9.48 Å². The van der Waals surface area contributed by atoms with Gasteiger partial charge >= 0.3 is 5.97 Å². The lowest BCUT2D eigenvalue weighted by molar-refractivity contribution is -0.144. The zero-order valence-corrected chi connectivity index (χ0v) is 18.9. The van der Waals surface area contributed by atoms with Crippen LogP contribution in [-0.4, -0.2) is 27.3 Å². The van der Waals surface area contributed by atoms with E-state index in [9.17, 15) is 9.18 Å². The van der Waals surface area contributed by atoms with Crippen LogP contribution in [0.4, 0.5) is 10.2 Å². The third-order valence-corrected chi connectivity index (χ3v) is 5.28. The summed E-state index contributed by atoms with van der Waals surface area (Å²) in [6.45, 7) is 3.91. The van der Waals surface area contributed by atoms with Crippen LogP contribution in [0.3, 0.4) is 0 Å². The third kappa shape index (κ3) is 5.23. The Hall–Kier alpha value is -4.20. The molecule has 34 heavy (non-hydrogen) atoms. The first-order chi connectivity index (χ1) is 16.4. The molecule has 1 atom stereocenters. The van der Waals surface area contributed by atoms with Gasteiger partial charge in [-0.15, -0.1) is 0 Å². The zero-order valence-electron chi connectivity index (χ0n) is 18.9. The van der Waals surface area contributed by atoms with Crippen LogP contribution in [0.2, 0.25) is 0 Å². The highest BCUT2D eigenvalue weighted by atomic mass is 19.1. The fourth-order valence-electron chi connectivity index (χ4n) is 3.65. The standard InChI is InChI=1S/C26H25FN4O3/c1-3-33-25(32)16-31-15-20(14-30-31)19-11-24(26(28)29-13-19)34-17(2)23-12-21(27)9-10-22(23)18-7-5-4-6-8-18/h4-15,17H,3,16H2,1-2H3,(H2,28,29)/t17-/m1/s1. The Balaban J connectivity index is 1.59. The molecule has 2 aromatic heterocycles. The van der Waals surface area contributed by atoms with Gasteiger partial charge in [-0.25, -0.2) is 9.37 Å². The molecule has 174 valence electrons. The minimum atomic E-state index is -0.503. The van der Waals surface area contributed by atoms with Gasteiger partial charge in [-0.05, 0) is 43.2 Å². The fourth-order valence-corrected chi connectivity index (χ4v) is 3.65. The van der Waals surface area contributed by atoms with Crippen molar-refractivity contribution in [2.45, 2.75) is 26.5 Å². The second-order valence-electron chi connectivity index (χ2n) is 7.70. The number of hydrogen-bond acceptors (Lipinski definition) is 6. The quantitative estimate of drug-likeness (QED) is 0.371. The SMILES string of the molecule is CCOC(=O)Cn1cc(-c2cnc(N)c(O[C@H](C)c3cc(F)ccc3-c3ccccc3)c2)cn1. The number of nitrogens with zero attached hydrogens (tertiary/aromatic N) is 3. The monoisotopic (exact) mass is 460 g/mol. The lowest BCUT2D eigenvalue weighted by Crippen LogP contribution is -2.13. The molecule has 0 aliphatic rings. The van der Waals surface area contributed by atoms with E-state index in [4.69, 9.17) is 15.2 Å². The number of rotatable bonds is 8. The Morgan fingerprint density at radius 1 is 1.09 bits per heavy atom. The van der Waals surface area contributed by atoms with Gasteiger partial charge in [-0.1, -0.05) is 36.4 Å². The van der Waals surface area contributed by atoms with Gasteiger partial charge < -0.3 is 15.2 Å². The maximum absolute atomic E-state index is 14.1. The molecule has 0 bridgehead atoms. The van der Waals surface area contributed by atoms with Crippen LogP contribution in [-0.2, 0) is 16.1 Å². The van der Waals surface area contributed by atoms with E-state index in [-0.39, 0.29) is 24.1 Å². The van der Waals surface area contributed by atoms with Crippen molar-refractivity contribution < 1.29 is 18.7 Å². The summed E-state index contributed by atoms with van der Waals surface area (Å²) in [5, 5.41) is 4.20. The highest BCUT2D eigenvalue weighted by molar-refractivity contribution is 5.70. The van der Waals surface area contributed by atoms with Gasteiger partial charge in [0.15, 0.2) is 11.6 Å². The number of nitrogen functional groups attached to an aromatic ring is 1. The summed E-state index contributed by atoms with van der Waals surface area (Å²) in [4.78, 5) is 16.0. The third-order valence-electron chi connectivity index (χ3n) is 5.28. The molecular weight excluding hydrogens is 435 g/mol. The molecule has 0 saturated heterocycles. The second-order valence-corrected chi connectivity index (χ2v) is 7.70. The van der Waals surface area contributed by atoms with Crippen LogP contribution in [0.1, 0.15) is 25.5 Å². The fraction of sp³-hybridized carbons (Fsp3) is 0.192. The average Bonchev–Trinajstić information content (AvgIpc) is 3.29. The lowest BCUT2D eigenvalue weighted by atomic mass is 9.96. The predicted octanol–water partition coefficient (Wildman–Crippen LogP) is 5.04. The molecule has 2 heterocycles. The van der Waals surface area contributed by atoms with E-state index >= 15 is 0 Å². The highest BCUT2D eigenvalue weighted by Gasteiger charge is 2.17. The number of carbonyl (C=O) groups excluding carboxylic acids is 1. The van der Waals surface area contributed by atoms with Gasteiger partial charge in [0.2, 0.25) is 0 Å². The Morgan fingerprint density at radius 2 is 1.88 bits per heavy atom. The number of halogens is 1. The Kier molecular flexibility index (Phi) is 6.87. The molecule has 2 aromatic carbocycles. The summed E-state index contributed by atoms with van der Waals surface area (Å²) < 4.78 is 26.7. The van der Waals surface area contributed by atoms with E-state index < -0.39 is 6.10 Å². The van der Waals surface area contributed by atoms with E-state index in [1.54, 1.807) is 37.6 Å². The van der Waals surface area contributed by atoms with E-state index in [2.05, 4.69) is 10.1 Å². The molecule has 0 amide bonds. The van der Waals surface area contributed by atoms with E-state index in [0.717, 1.165) is 16.7 Å². The zero-order chi connectivity index (χ0) is 24.1. The van der Waals surface area contributed by atoms with Crippen LogP contribution in [0.5, 0.6) is 5.75 Å². The van der Waals surface area contributed by atoms with Gasteiger partial charge in [0.1, 0.15) is 18.5 Å².